The van der Waals surface area contributed by atoms with Crippen molar-refractivity contribution >= 4 is 23.2 Å². The summed E-state index contributed by atoms with van der Waals surface area (Å²) in [5.74, 6) is 0.565. The first-order chi connectivity index (χ1) is 7.58. The second-order valence-electron chi connectivity index (χ2n) is 4.13. The zero-order chi connectivity index (χ0) is 11.8. The molecule has 1 unspecified atom stereocenters. The number of ether oxygens (including phenoxy) is 1. The number of halogens is 2. The molecule has 4 heteroatoms. The quantitative estimate of drug-likeness (QED) is 0.704. The van der Waals surface area contributed by atoms with Gasteiger partial charge in [-0.2, -0.15) is 5.26 Å². The van der Waals surface area contributed by atoms with E-state index in [1.54, 1.807) is 6.07 Å². The molecule has 1 heterocycles. The van der Waals surface area contributed by atoms with E-state index in [0.717, 1.165) is 18.4 Å². The number of hydrogen-bond donors (Lipinski definition) is 0. The zero-order valence-corrected chi connectivity index (χ0v) is 10.4. The summed E-state index contributed by atoms with van der Waals surface area (Å²) < 4.78 is 5.59. The molecule has 0 amide bonds. The molecule has 2 rings (SSSR count). The molecule has 0 saturated heterocycles. The lowest BCUT2D eigenvalue weighted by atomic mass is 9.80. The summed E-state index contributed by atoms with van der Waals surface area (Å²) in [6, 6.07) is 5.89. The summed E-state index contributed by atoms with van der Waals surface area (Å²) in [6.45, 7) is 2.48. The standard InChI is InChI=1S/C12H11Cl2NO/c1-12(7-15)5-2-6-16-11-8(12)3-4-9(13)10(11)14/h3-4H,2,5-6H2,1H3. The van der Waals surface area contributed by atoms with Crippen LogP contribution >= 0.6 is 23.2 Å². The van der Waals surface area contributed by atoms with Gasteiger partial charge in [-0.15, -0.1) is 0 Å². The molecule has 1 atom stereocenters. The molecule has 1 aliphatic heterocycles. The second-order valence-corrected chi connectivity index (χ2v) is 4.92. The first-order valence-corrected chi connectivity index (χ1v) is 5.86. The van der Waals surface area contributed by atoms with Gasteiger partial charge in [-0.1, -0.05) is 29.3 Å². The monoisotopic (exact) mass is 255 g/mol. The summed E-state index contributed by atoms with van der Waals surface area (Å²) in [5.41, 5.74) is 0.293. The Hall–Kier alpha value is -0.910. The number of nitriles is 1. The van der Waals surface area contributed by atoms with Crippen LogP contribution in [0.1, 0.15) is 25.3 Å². The number of nitrogens with zero attached hydrogens (tertiary/aromatic N) is 1. The van der Waals surface area contributed by atoms with Gasteiger partial charge in [0.2, 0.25) is 0 Å². The van der Waals surface area contributed by atoms with Crippen molar-refractivity contribution in [1.29, 1.82) is 5.26 Å². The molecule has 0 fully saturated rings. The van der Waals surface area contributed by atoms with Crippen LogP contribution in [0.5, 0.6) is 5.75 Å². The maximum absolute atomic E-state index is 9.30. The largest absolute Gasteiger partial charge is 0.492 e. The van der Waals surface area contributed by atoms with E-state index in [-0.39, 0.29) is 0 Å². The minimum absolute atomic E-state index is 0.405. The van der Waals surface area contributed by atoms with Gasteiger partial charge in [0, 0.05) is 5.56 Å². The van der Waals surface area contributed by atoms with Gasteiger partial charge in [-0.05, 0) is 25.8 Å². The third-order valence-corrected chi connectivity index (χ3v) is 3.75. The van der Waals surface area contributed by atoms with Crippen molar-refractivity contribution in [3.05, 3.63) is 27.7 Å². The van der Waals surface area contributed by atoms with Crippen LogP contribution in [-0.2, 0) is 5.41 Å². The Labute approximate surface area is 105 Å². The maximum Gasteiger partial charge on any atom is 0.144 e. The average molecular weight is 256 g/mol. The van der Waals surface area contributed by atoms with Gasteiger partial charge in [0.25, 0.3) is 0 Å². The average Bonchev–Trinajstić information content (AvgIpc) is 2.45. The maximum atomic E-state index is 9.30. The van der Waals surface area contributed by atoms with Gasteiger partial charge in [0.05, 0.1) is 23.1 Å². The minimum atomic E-state index is -0.542. The lowest BCUT2D eigenvalue weighted by molar-refractivity contribution is 0.315. The molecule has 0 aliphatic carbocycles. The highest BCUT2D eigenvalue weighted by Gasteiger charge is 2.33. The summed E-state index contributed by atoms with van der Waals surface area (Å²) in [7, 11) is 0. The Kier molecular flexibility index (Phi) is 3.01. The van der Waals surface area contributed by atoms with Crippen molar-refractivity contribution in [3.8, 4) is 11.8 Å². The predicted octanol–water partition coefficient (Wildman–Crippen LogP) is 3.95. The van der Waals surface area contributed by atoms with E-state index in [2.05, 4.69) is 6.07 Å². The lowest BCUT2D eigenvalue weighted by Gasteiger charge is -2.21. The molecular formula is C12H11Cl2NO. The van der Waals surface area contributed by atoms with Crippen molar-refractivity contribution in [2.24, 2.45) is 0 Å². The topological polar surface area (TPSA) is 33.0 Å². The van der Waals surface area contributed by atoms with Gasteiger partial charge >= 0.3 is 0 Å². The van der Waals surface area contributed by atoms with Crippen LogP contribution in [0.15, 0.2) is 12.1 Å². The van der Waals surface area contributed by atoms with Crippen LogP contribution in [0.3, 0.4) is 0 Å². The van der Waals surface area contributed by atoms with Crippen molar-refractivity contribution in [3.63, 3.8) is 0 Å². The van der Waals surface area contributed by atoms with Crippen LogP contribution in [0.25, 0.3) is 0 Å². The summed E-state index contributed by atoms with van der Waals surface area (Å²) >= 11 is 12.0. The van der Waals surface area contributed by atoms with Gasteiger partial charge in [0.15, 0.2) is 0 Å². The van der Waals surface area contributed by atoms with E-state index in [1.807, 2.05) is 13.0 Å². The van der Waals surface area contributed by atoms with Crippen LogP contribution < -0.4 is 4.74 Å². The molecule has 1 aliphatic rings. The van der Waals surface area contributed by atoms with Gasteiger partial charge in [-0.3, -0.25) is 0 Å². The summed E-state index contributed by atoms with van der Waals surface area (Å²) in [5, 5.41) is 10.2. The lowest BCUT2D eigenvalue weighted by Crippen LogP contribution is -2.18. The van der Waals surface area contributed by atoms with Gasteiger partial charge in [-0.25, -0.2) is 0 Å². The van der Waals surface area contributed by atoms with Crippen molar-refractivity contribution in [2.75, 3.05) is 6.61 Å². The first-order valence-electron chi connectivity index (χ1n) is 5.11. The smallest absolute Gasteiger partial charge is 0.144 e. The van der Waals surface area contributed by atoms with E-state index in [0.29, 0.717) is 22.4 Å². The van der Waals surface area contributed by atoms with Crippen molar-refractivity contribution in [1.82, 2.24) is 0 Å². The fraction of sp³-hybridized carbons (Fsp3) is 0.417. The van der Waals surface area contributed by atoms with Crippen molar-refractivity contribution in [2.45, 2.75) is 25.2 Å². The van der Waals surface area contributed by atoms with Crippen LogP contribution in [0, 0.1) is 11.3 Å². The molecule has 0 bridgehead atoms. The molecule has 1 aromatic rings. The van der Waals surface area contributed by atoms with E-state index < -0.39 is 5.41 Å². The number of benzene rings is 1. The molecule has 0 aromatic heterocycles. The molecule has 84 valence electrons. The Balaban J connectivity index is 2.65. The Morgan fingerprint density at radius 1 is 1.44 bits per heavy atom. The Morgan fingerprint density at radius 3 is 2.88 bits per heavy atom. The predicted molar refractivity (Wildman–Crippen MR) is 64.2 cm³/mol. The number of fused-ring (bicyclic) bond motifs is 1. The fourth-order valence-electron chi connectivity index (χ4n) is 1.96. The van der Waals surface area contributed by atoms with Crippen LogP contribution in [0.4, 0.5) is 0 Å². The van der Waals surface area contributed by atoms with Gasteiger partial charge < -0.3 is 4.74 Å². The SMILES string of the molecule is CC1(C#N)CCCOc2c1ccc(Cl)c2Cl. The first kappa shape index (κ1) is 11.6. The van der Waals surface area contributed by atoms with Crippen molar-refractivity contribution < 1.29 is 4.74 Å². The number of rotatable bonds is 0. The normalized spacial score (nSPS) is 23.9. The Bertz CT molecular complexity index is 467. The van der Waals surface area contributed by atoms with Crippen LogP contribution in [0.2, 0.25) is 10.0 Å². The molecule has 0 radical (unpaired) electrons. The van der Waals surface area contributed by atoms with Gasteiger partial charge in [0.1, 0.15) is 10.8 Å². The van der Waals surface area contributed by atoms with E-state index >= 15 is 0 Å². The third-order valence-electron chi connectivity index (χ3n) is 2.96. The van der Waals surface area contributed by atoms with E-state index in [4.69, 9.17) is 27.9 Å². The van der Waals surface area contributed by atoms with E-state index in [1.165, 1.54) is 0 Å². The minimum Gasteiger partial charge on any atom is -0.492 e. The summed E-state index contributed by atoms with van der Waals surface area (Å²) in [4.78, 5) is 0. The van der Waals surface area contributed by atoms with Crippen LogP contribution in [-0.4, -0.2) is 6.61 Å². The third kappa shape index (κ3) is 1.75. The zero-order valence-electron chi connectivity index (χ0n) is 8.89. The molecule has 2 nitrogen and oxygen atoms in total. The molecule has 0 spiro atoms. The highest BCUT2D eigenvalue weighted by Crippen LogP contribution is 2.44. The molecule has 16 heavy (non-hydrogen) atoms. The molecule has 1 aromatic carbocycles. The Morgan fingerprint density at radius 2 is 2.19 bits per heavy atom. The highest BCUT2D eigenvalue weighted by molar-refractivity contribution is 6.43. The van der Waals surface area contributed by atoms with E-state index in [9.17, 15) is 5.26 Å². The number of hydrogen-bond acceptors (Lipinski definition) is 2. The fourth-order valence-corrected chi connectivity index (χ4v) is 2.33. The highest BCUT2D eigenvalue weighted by atomic mass is 35.5. The molecular weight excluding hydrogens is 245 g/mol. The second kappa shape index (κ2) is 4.16. The molecule has 0 saturated carbocycles. The summed E-state index contributed by atoms with van der Waals surface area (Å²) in [6.07, 6.45) is 1.61. The molecule has 0 N–H and O–H groups in total.